The fourth-order valence-electron chi connectivity index (χ4n) is 2.46. The van der Waals surface area contributed by atoms with Crippen LogP contribution in [0, 0.1) is 5.82 Å². The zero-order valence-corrected chi connectivity index (χ0v) is 15.0. The van der Waals surface area contributed by atoms with E-state index in [1.165, 1.54) is 6.07 Å². The molecule has 0 aromatic heterocycles. The lowest BCUT2D eigenvalue weighted by molar-refractivity contribution is -0.120. The minimum absolute atomic E-state index is 0.0624. The van der Waals surface area contributed by atoms with Gasteiger partial charge in [-0.15, -0.1) is 0 Å². The molecule has 5 nitrogen and oxygen atoms in total. The second-order valence-corrected chi connectivity index (χ2v) is 5.99. The molecule has 0 bridgehead atoms. The fourth-order valence-corrected chi connectivity index (χ4v) is 2.46. The Morgan fingerprint density at radius 1 is 0.786 bits per heavy atom. The highest BCUT2D eigenvalue weighted by Gasteiger charge is 2.09. The number of hydrogen-bond acceptors (Lipinski definition) is 3. The average molecular weight is 378 g/mol. The minimum Gasteiger partial charge on any atom is -0.457 e. The van der Waals surface area contributed by atoms with Gasteiger partial charge in [0.15, 0.2) is 0 Å². The molecule has 0 atom stereocenters. The summed E-state index contributed by atoms with van der Waals surface area (Å²) in [5.74, 6) is 0.134. The summed E-state index contributed by atoms with van der Waals surface area (Å²) in [4.78, 5) is 24.0. The van der Waals surface area contributed by atoms with Gasteiger partial charge in [0.25, 0.3) is 5.91 Å². The highest BCUT2D eigenvalue weighted by atomic mass is 19.1. The summed E-state index contributed by atoms with van der Waals surface area (Å²) in [6.45, 7) is -0.136. The maximum atomic E-state index is 13.5. The summed E-state index contributed by atoms with van der Waals surface area (Å²) in [6.07, 6.45) is 0. The molecule has 0 fully saturated rings. The van der Waals surface area contributed by atoms with Crippen LogP contribution in [0.3, 0.4) is 0 Å². The largest absolute Gasteiger partial charge is 0.457 e. The molecule has 0 radical (unpaired) electrons. The molecule has 2 N–H and O–H groups in total. The van der Waals surface area contributed by atoms with Gasteiger partial charge in [-0.2, -0.15) is 0 Å². The summed E-state index contributed by atoms with van der Waals surface area (Å²) in [5.41, 5.74) is 0.790. The second kappa shape index (κ2) is 9.32. The second-order valence-electron chi connectivity index (χ2n) is 5.99. The molecular weight excluding hydrogens is 359 g/mol. The number of para-hydroxylation sites is 1. The van der Waals surface area contributed by atoms with E-state index in [2.05, 4.69) is 10.6 Å². The molecule has 28 heavy (non-hydrogen) atoms. The van der Waals surface area contributed by atoms with Crippen molar-refractivity contribution in [3.05, 3.63) is 95.8 Å². The van der Waals surface area contributed by atoms with Crippen LogP contribution in [-0.2, 0) is 11.3 Å². The number of nitrogens with one attached hydrogen (secondary N) is 2. The van der Waals surface area contributed by atoms with Gasteiger partial charge in [-0.25, -0.2) is 4.39 Å². The molecule has 0 aliphatic carbocycles. The highest BCUT2D eigenvalue weighted by Crippen LogP contribution is 2.21. The number of halogens is 1. The van der Waals surface area contributed by atoms with Crippen LogP contribution in [0.25, 0.3) is 0 Å². The van der Waals surface area contributed by atoms with Crippen LogP contribution in [0.2, 0.25) is 0 Å². The van der Waals surface area contributed by atoms with Gasteiger partial charge in [0, 0.05) is 17.7 Å². The SMILES string of the molecule is O=C(CNC(=O)c1ccc(Oc2ccccc2)cc1)NCc1ccccc1F. The predicted octanol–water partition coefficient (Wildman–Crippen LogP) is 3.66. The Kier molecular flexibility index (Phi) is 6.36. The first-order valence-corrected chi connectivity index (χ1v) is 8.73. The lowest BCUT2D eigenvalue weighted by Crippen LogP contribution is -2.36. The molecule has 0 unspecified atom stereocenters. The molecule has 3 rings (SSSR count). The van der Waals surface area contributed by atoms with Gasteiger partial charge >= 0.3 is 0 Å². The molecule has 0 aliphatic rings. The average Bonchev–Trinajstić information content (AvgIpc) is 2.73. The zero-order chi connectivity index (χ0) is 19.8. The number of benzene rings is 3. The summed E-state index contributed by atoms with van der Waals surface area (Å²) in [5, 5.41) is 5.10. The fraction of sp³-hybridized carbons (Fsp3) is 0.0909. The monoisotopic (exact) mass is 378 g/mol. The first-order chi connectivity index (χ1) is 13.6. The van der Waals surface area contributed by atoms with Gasteiger partial charge in [0.2, 0.25) is 5.91 Å². The lowest BCUT2D eigenvalue weighted by atomic mass is 10.2. The van der Waals surface area contributed by atoms with Crippen molar-refractivity contribution in [2.75, 3.05) is 6.54 Å². The van der Waals surface area contributed by atoms with E-state index in [9.17, 15) is 14.0 Å². The van der Waals surface area contributed by atoms with Crippen molar-refractivity contribution >= 4 is 11.8 Å². The van der Waals surface area contributed by atoms with E-state index in [0.29, 0.717) is 22.6 Å². The number of rotatable bonds is 7. The topological polar surface area (TPSA) is 67.4 Å². The summed E-state index contributed by atoms with van der Waals surface area (Å²) < 4.78 is 19.2. The van der Waals surface area contributed by atoms with E-state index >= 15 is 0 Å². The van der Waals surface area contributed by atoms with Crippen LogP contribution in [0.15, 0.2) is 78.9 Å². The van der Waals surface area contributed by atoms with E-state index in [4.69, 9.17) is 4.74 Å². The van der Waals surface area contributed by atoms with E-state index < -0.39 is 5.91 Å². The molecule has 3 aromatic carbocycles. The number of ether oxygens (including phenoxy) is 1. The van der Waals surface area contributed by atoms with Crippen LogP contribution < -0.4 is 15.4 Å². The highest BCUT2D eigenvalue weighted by molar-refractivity contribution is 5.96. The zero-order valence-electron chi connectivity index (χ0n) is 15.0. The predicted molar refractivity (Wildman–Crippen MR) is 104 cm³/mol. The molecule has 0 saturated carbocycles. The van der Waals surface area contributed by atoms with Crippen molar-refractivity contribution in [2.24, 2.45) is 0 Å². The van der Waals surface area contributed by atoms with Crippen LogP contribution in [0.1, 0.15) is 15.9 Å². The van der Waals surface area contributed by atoms with Crippen LogP contribution >= 0.6 is 0 Å². The molecular formula is C22H19FN2O3. The van der Waals surface area contributed by atoms with Crippen molar-refractivity contribution in [3.8, 4) is 11.5 Å². The Hall–Kier alpha value is -3.67. The maximum Gasteiger partial charge on any atom is 0.251 e. The summed E-state index contributed by atoms with van der Waals surface area (Å²) >= 11 is 0. The summed E-state index contributed by atoms with van der Waals surface area (Å²) in [7, 11) is 0. The lowest BCUT2D eigenvalue weighted by Gasteiger charge is -2.09. The van der Waals surface area contributed by atoms with Gasteiger partial charge in [0.05, 0.1) is 6.54 Å². The van der Waals surface area contributed by atoms with Crippen molar-refractivity contribution in [1.82, 2.24) is 10.6 Å². The molecule has 3 aromatic rings. The Bertz CT molecular complexity index is 944. The van der Waals surface area contributed by atoms with Crippen LogP contribution in [-0.4, -0.2) is 18.4 Å². The van der Waals surface area contributed by atoms with Gasteiger partial charge in [0.1, 0.15) is 17.3 Å². The van der Waals surface area contributed by atoms with E-state index in [-0.39, 0.29) is 24.8 Å². The van der Waals surface area contributed by atoms with Gasteiger partial charge in [-0.3, -0.25) is 9.59 Å². The van der Waals surface area contributed by atoms with Crippen LogP contribution in [0.4, 0.5) is 4.39 Å². The molecule has 0 aliphatic heterocycles. The van der Waals surface area contributed by atoms with E-state index in [1.807, 2.05) is 30.3 Å². The van der Waals surface area contributed by atoms with Gasteiger partial charge in [-0.05, 0) is 42.5 Å². The molecule has 2 amide bonds. The molecule has 6 heteroatoms. The normalized spacial score (nSPS) is 10.2. The smallest absolute Gasteiger partial charge is 0.251 e. The third-order valence-corrected chi connectivity index (χ3v) is 3.94. The Balaban J connectivity index is 1.46. The standard InChI is InChI=1S/C22H19FN2O3/c23-20-9-5-4-6-17(20)14-24-21(26)15-25-22(27)16-10-12-19(13-11-16)28-18-7-2-1-3-8-18/h1-13H,14-15H2,(H,24,26)(H,25,27). The number of carbonyl (C=O) groups is 2. The van der Waals surface area contributed by atoms with Crippen molar-refractivity contribution in [3.63, 3.8) is 0 Å². The van der Waals surface area contributed by atoms with E-state index in [1.54, 1.807) is 42.5 Å². The van der Waals surface area contributed by atoms with Crippen molar-refractivity contribution < 1.29 is 18.7 Å². The number of carbonyl (C=O) groups excluding carboxylic acids is 2. The number of amides is 2. The third kappa shape index (κ3) is 5.41. The molecule has 0 saturated heterocycles. The van der Waals surface area contributed by atoms with Crippen molar-refractivity contribution in [1.29, 1.82) is 0 Å². The van der Waals surface area contributed by atoms with E-state index in [0.717, 1.165) is 0 Å². The van der Waals surface area contributed by atoms with Gasteiger partial charge < -0.3 is 15.4 Å². The minimum atomic E-state index is -0.402. The summed E-state index contributed by atoms with van der Waals surface area (Å²) in [6, 6.07) is 22.1. The third-order valence-electron chi connectivity index (χ3n) is 3.94. The molecule has 0 spiro atoms. The first-order valence-electron chi connectivity index (χ1n) is 8.73. The quantitative estimate of drug-likeness (QED) is 0.659. The Morgan fingerprint density at radius 2 is 1.43 bits per heavy atom. The Labute approximate surface area is 162 Å². The van der Waals surface area contributed by atoms with Crippen molar-refractivity contribution in [2.45, 2.75) is 6.54 Å². The number of hydrogen-bond donors (Lipinski definition) is 2. The first kappa shape index (κ1) is 19.1. The van der Waals surface area contributed by atoms with Crippen LogP contribution in [0.5, 0.6) is 11.5 Å². The molecule has 142 valence electrons. The molecule has 0 heterocycles. The maximum absolute atomic E-state index is 13.5. The Morgan fingerprint density at radius 3 is 2.14 bits per heavy atom. The van der Waals surface area contributed by atoms with Gasteiger partial charge in [-0.1, -0.05) is 36.4 Å².